The molecule has 0 radical (unpaired) electrons. The molecule has 0 aromatic heterocycles. The molecule has 1 fully saturated rings. The molecule has 9 heavy (non-hydrogen) atoms. The summed E-state index contributed by atoms with van der Waals surface area (Å²) in [5, 5.41) is 2.91. The van der Waals surface area contributed by atoms with Crippen molar-refractivity contribution in [2.45, 2.75) is 19.4 Å². The molecule has 1 unspecified atom stereocenters. The summed E-state index contributed by atoms with van der Waals surface area (Å²) < 4.78 is 16.0. The van der Waals surface area contributed by atoms with Gasteiger partial charge in [0.2, 0.25) is 0 Å². The molecule has 0 amide bonds. The number of rotatable bonds is 1. The molecule has 1 heterocycles. The lowest BCUT2D eigenvalue weighted by Crippen LogP contribution is -2.19. The molecule has 1 N–H and O–H groups in total. The minimum absolute atomic E-state index is 0.306. The maximum atomic E-state index is 11.0. The van der Waals surface area contributed by atoms with Crippen LogP contribution in [0.25, 0.3) is 0 Å². The van der Waals surface area contributed by atoms with E-state index in [-0.39, 0.29) is 0 Å². The smallest absolute Gasteiger partial charge is 0.267 e. The van der Waals surface area contributed by atoms with E-state index in [0.717, 1.165) is 6.42 Å². The fourth-order valence-electron chi connectivity index (χ4n) is 0.848. The molecule has 0 bridgehead atoms. The van der Waals surface area contributed by atoms with Crippen LogP contribution >= 0.6 is 7.52 Å². The van der Waals surface area contributed by atoms with Gasteiger partial charge in [0.15, 0.2) is 0 Å². The van der Waals surface area contributed by atoms with Crippen LogP contribution in [0.3, 0.4) is 0 Å². The van der Waals surface area contributed by atoms with Crippen LogP contribution in [0.1, 0.15) is 13.3 Å². The van der Waals surface area contributed by atoms with Crippen LogP contribution in [-0.2, 0) is 9.09 Å². The summed E-state index contributed by atoms with van der Waals surface area (Å²) in [7, 11) is -2.37. The van der Waals surface area contributed by atoms with Gasteiger partial charge < -0.3 is 4.52 Å². The summed E-state index contributed by atoms with van der Waals surface area (Å²) in [6.07, 6.45) is 0.984. The summed E-state index contributed by atoms with van der Waals surface area (Å²) >= 11 is 0. The Morgan fingerprint density at radius 2 is 2.56 bits per heavy atom. The first kappa shape index (κ1) is 7.26. The molecule has 2 atom stereocenters. The van der Waals surface area contributed by atoms with E-state index in [1.165, 1.54) is 0 Å². The molecule has 1 aliphatic rings. The van der Waals surface area contributed by atoms with Crippen LogP contribution in [0.15, 0.2) is 0 Å². The first-order chi connectivity index (χ1) is 4.14. The third kappa shape index (κ3) is 1.78. The van der Waals surface area contributed by atoms with Gasteiger partial charge in [-0.2, -0.15) is 0 Å². The number of hydrogen-bond acceptors (Lipinski definition) is 2. The monoisotopic (exact) mass is 149 g/mol. The van der Waals surface area contributed by atoms with E-state index in [4.69, 9.17) is 4.52 Å². The zero-order valence-corrected chi connectivity index (χ0v) is 6.65. The van der Waals surface area contributed by atoms with Gasteiger partial charge in [-0.1, -0.05) is 6.92 Å². The molecule has 0 aliphatic carbocycles. The normalized spacial score (nSPS) is 43.6. The lowest BCUT2D eigenvalue weighted by Gasteiger charge is -2.03. The van der Waals surface area contributed by atoms with E-state index in [9.17, 15) is 4.57 Å². The molecular weight excluding hydrogens is 137 g/mol. The number of nitrogens with one attached hydrogen (secondary N) is 1. The standard InChI is InChI=1S/C5H12NO2P/c1-3-5-4-8-9(2,7)6-5/h5H,3-4H2,1-2H3,(H,6,7)/t5-,9?/m0/s1. The largest absolute Gasteiger partial charge is 0.316 e. The molecule has 0 saturated carbocycles. The Hall–Kier alpha value is 0.150. The van der Waals surface area contributed by atoms with Crippen LogP contribution in [0, 0.1) is 0 Å². The van der Waals surface area contributed by atoms with Gasteiger partial charge in [-0.3, -0.25) is 4.57 Å². The maximum absolute atomic E-state index is 11.0. The predicted octanol–water partition coefficient (Wildman–Crippen LogP) is 1.21. The van der Waals surface area contributed by atoms with Crippen molar-refractivity contribution in [3.05, 3.63) is 0 Å². The SMILES string of the molecule is CC[C@H]1COP(C)(=O)N1. The van der Waals surface area contributed by atoms with E-state index in [2.05, 4.69) is 5.09 Å². The Labute approximate surface area is 55.3 Å². The molecule has 0 aromatic carbocycles. The van der Waals surface area contributed by atoms with Crippen LogP contribution in [0.4, 0.5) is 0 Å². The Kier molecular flexibility index (Phi) is 1.94. The fraction of sp³-hybridized carbons (Fsp3) is 1.00. The van der Waals surface area contributed by atoms with Gasteiger partial charge in [-0.15, -0.1) is 0 Å². The van der Waals surface area contributed by atoms with Gasteiger partial charge in [0, 0.05) is 12.7 Å². The van der Waals surface area contributed by atoms with Crippen molar-refractivity contribution in [3.8, 4) is 0 Å². The fourth-order valence-corrected chi connectivity index (χ4v) is 2.31. The van der Waals surface area contributed by atoms with Gasteiger partial charge in [0.25, 0.3) is 7.52 Å². The van der Waals surface area contributed by atoms with Crippen molar-refractivity contribution in [2.24, 2.45) is 0 Å². The summed E-state index contributed by atoms with van der Waals surface area (Å²) in [5.74, 6) is 0. The van der Waals surface area contributed by atoms with Gasteiger partial charge in [0.05, 0.1) is 6.61 Å². The second-order valence-corrected chi connectivity index (χ2v) is 4.58. The second kappa shape index (κ2) is 2.41. The van der Waals surface area contributed by atoms with Crippen molar-refractivity contribution >= 4 is 7.52 Å². The molecule has 1 aliphatic heterocycles. The number of hydrogen-bond donors (Lipinski definition) is 1. The Morgan fingerprint density at radius 1 is 1.89 bits per heavy atom. The summed E-state index contributed by atoms with van der Waals surface area (Å²) in [5.41, 5.74) is 0. The maximum Gasteiger partial charge on any atom is 0.267 e. The first-order valence-corrected chi connectivity index (χ1v) is 5.21. The Morgan fingerprint density at radius 3 is 2.78 bits per heavy atom. The predicted molar refractivity (Wildman–Crippen MR) is 36.7 cm³/mol. The minimum atomic E-state index is -2.37. The lowest BCUT2D eigenvalue weighted by atomic mass is 10.3. The Bertz CT molecular complexity index is 148. The summed E-state index contributed by atoms with van der Waals surface area (Å²) in [6, 6.07) is 0.306. The zero-order chi connectivity index (χ0) is 6.91. The molecular formula is C5H12NO2P. The molecule has 1 saturated heterocycles. The van der Waals surface area contributed by atoms with Crippen molar-refractivity contribution in [2.75, 3.05) is 13.3 Å². The molecule has 0 spiro atoms. The van der Waals surface area contributed by atoms with Crippen LogP contribution in [-0.4, -0.2) is 19.3 Å². The molecule has 1 rings (SSSR count). The van der Waals surface area contributed by atoms with Gasteiger partial charge in [-0.05, 0) is 6.42 Å². The van der Waals surface area contributed by atoms with E-state index < -0.39 is 7.52 Å². The lowest BCUT2D eigenvalue weighted by molar-refractivity contribution is 0.333. The zero-order valence-electron chi connectivity index (χ0n) is 5.76. The molecule has 4 heteroatoms. The highest BCUT2D eigenvalue weighted by Crippen LogP contribution is 2.43. The van der Waals surface area contributed by atoms with E-state index in [1.54, 1.807) is 6.66 Å². The third-order valence-electron chi connectivity index (χ3n) is 1.43. The average Bonchev–Trinajstić information content (AvgIpc) is 2.10. The molecule has 54 valence electrons. The van der Waals surface area contributed by atoms with Crippen molar-refractivity contribution < 1.29 is 9.09 Å². The van der Waals surface area contributed by atoms with E-state index >= 15 is 0 Å². The van der Waals surface area contributed by atoms with Crippen molar-refractivity contribution in [1.29, 1.82) is 0 Å². The van der Waals surface area contributed by atoms with E-state index in [0.29, 0.717) is 12.6 Å². The van der Waals surface area contributed by atoms with Crippen molar-refractivity contribution in [3.63, 3.8) is 0 Å². The summed E-state index contributed by atoms with van der Waals surface area (Å²) in [4.78, 5) is 0. The average molecular weight is 149 g/mol. The molecule has 0 aromatic rings. The first-order valence-electron chi connectivity index (χ1n) is 3.14. The Balaban J connectivity index is 2.47. The van der Waals surface area contributed by atoms with Gasteiger partial charge >= 0.3 is 0 Å². The second-order valence-electron chi connectivity index (χ2n) is 2.38. The summed E-state index contributed by atoms with van der Waals surface area (Å²) in [6.45, 7) is 4.26. The minimum Gasteiger partial charge on any atom is -0.316 e. The van der Waals surface area contributed by atoms with Crippen LogP contribution in [0.2, 0.25) is 0 Å². The van der Waals surface area contributed by atoms with Gasteiger partial charge in [0.1, 0.15) is 0 Å². The van der Waals surface area contributed by atoms with E-state index in [1.807, 2.05) is 6.92 Å². The quantitative estimate of drug-likeness (QED) is 0.569. The highest BCUT2D eigenvalue weighted by atomic mass is 31.2. The van der Waals surface area contributed by atoms with Gasteiger partial charge in [-0.25, -0.2) is 5.09 Å². The third-order valence-corrected chi connectivity index (χ3v) is 2.91. The highest BCUT2D eigenvalue weighted by Gasteiger charge is 2.28. The topological polar surface area (TPSA) is 38.3 Å². The van der Waals surface area contributed by atoms with Crippen LogP contribution in [0.5, 0.6) is 0 Å². The van der Waals surface area contributed by atoms with Crippen LogP contribution < -0.4 is 5.09 Å². The molecule has 3 nitrogen and oxygen atoms in total. The van der Waals surface area contributed by atoms with Crippen molar-refractivity contribution in [1.82, 2.24) is 5.09 Å². The highest BCUT2D eigenvalue weighted by molar-refractivity contribution is 7.56.